The lowest BCUT2D eigenvalue weighted by molar-refractivity contribution is -0.139. The summed E-state index contributed by atoms with van der Waals surface area (Å²) in [6, 6.07) is 19.1. The number of carboxylic acid groups (broad SMARTS) is 1. The van der Waals surface area contributed by atoms with Crippen molar-refractivity contribution in [3.8, 4) is 5.75 Å². The topological polar surface area (TPSA) is 92.2 Å². The van der Waals surface area contributed by atoms with Crippen LogP contribution in [0.1, 0.15) is 30.0 Å². The van der Waals surface area contributed by atoms with Crippen LogP contribution in [0.25, 0.3) is 0 Å². The molecule has 5 rings (SSSR count). The van der Waals surface area contributed by atoms with E-state index in [9.17, 15) is 9.59 Å². The van der Waals surface area contributed by atoms with E-state index in [2.05, 4.69) is 16.0 Å². The molecule has 2 aromatic carbocycles. The molecule has 10 heteroatoms. The van der Waals surface area contributed by atoms with Gasteiger partial charge >= 0.3 is 12.1 Å². The van der Waals surface area contributed by atoms with E-state index in [1.807, 2.05) is 53.6 Å². The number of rotatable bonds is 9. The van der Waals surface area contributed by atoms with E-state index in [-0.39, 0.29) is 24.8 Å². The molecule has 2 fully saturated rings. The minimum atomic E-state index is -1.00. The number of nitrogens with zero attached hydrogens (tertiary/aromatic N) is 3. The van der Waals surface area contributed by atoms with Gasteiger partial charge in [0, 0.05) is 41.8 Å². The predicted octanol–water partition coefficient (Wildman–Crippen LogP) is 5.51. The molecule has 2 aliphatic rings. The highest BCUT2D eigenvalue weighted by molar-refractivity contribution is 7.99. The molecular weight excluding hydrogens is 526 g/mol. The molecule has 2 aliphatic heterocycles. The van der Waals surface area contributed by atoms with Gasteiger partial charge in [-0.3, -0.25) is 9.80 Å². The second kappa shape index (κ2) is 12.1. The minimum Gasteiger partial charge on any atom is -0.482 e. The van der Waals surface area contributed by atoms with Crippen molar-refractivity contribution in [3.05, 3.63) is 83.0 Å². The Bertz CT molecular complexity index is 1270. The summed E-state index contributed by atoms with van der Waals surface area (Å²) in [7, 11) is 0. The number of aromatic nitrogens is 1. The van der Waals surface area contributed by atoms with Crippen molar-refractivity contribution in [3.63, 3.8) is 0 Å². The maximum Gasteiger partial charge on any atom is 0.410 e. The molecule has 0 aliphatic carbocycles. The zero-order valence-corrected chi connectivity index (χ0v) is 22.2. The molecule has 1 atom stereocenters. The number of carbonyl (C=O) groups excluding carboxylic acids is 1. The third-order valence-corrected chi connectivity index (χ3v) is 7.90. The number of amides is 1. The van der Waals surface area contributed by atoms with Gasteiger partial charge in [0.25, 0.3) is 0 Å². The van der Waals surface area contributed by atoms with Crippen molar-refractivity contribution in [2.45, 2.75) is 41.4 Å². The van der Waals surface area contributed by atoms with E-state index in [4.69, 9.17) is 26.2 Å². The molecule has 0 saturated carbocycles. The zero-order chi connectivity index (χ0) is 26.5. The van der Waals surface area contributed by atoms with Crippen molar-refractivity contribution in [2.75, 3.05) is 26.3 Å². The van der Waals surface area contributed by atoms with Crippen LogP contribution in [0.15, 0.2) is 76.8 Å². The van der Waals surface area contributed by atoms with E-state index in [1.165, 1.54) is 11.8 Å². The van der Waals surface area contributed by atoms with Crippen molar-refractivity contribution >= 4 is 35.4 Å². The molecule has 2 saturated heterocycles. The van der Waals surface area contributed by atoms with E-state index in [0.717, 1.165) is 53.5 Å². The lowest BCUT2D eigenvalue weighted by atomic mass is 9.99. The van der Waals surface area contributed by atoms with Crippen molar-refractivity contribution in [1.82, 2.24) is 14.8 Å². The predicted molar refractivity (Wildman–Crippen MR) is 144 cm³/mol. The SMILES string of the molecule is O=C(O)COc1ccc(Sc2ccc(CN3CCC(N4C(=O)OCC4c4cccc(Cl)c4)CC3)cn2)cc1. The fourth-order valence-corrected chi connectivity index (χ4v) is 5.81. The molecule has 198 valence electrons. The van der Waals surface area contributed by atoms with Gasteiger partial charge in [-0.2, -0.15) is 0 Å². The monoisotopic (exact) mass is 553 g/mol. The molecule has 8 nitrogen and oxygen atoms in total. The van der Waals surface area contributed by atoms with Crippen LogP contribution in [-0.2, 0) is 16.1 Å². The second-order valence-electron chi connectivity index (χ2n) is 9.32. The lowest BCUT2D eigenvalue weighted by Gasteiger charge is -2.38. The second-order valence-corrected chi connectivity index (χ2v) is 10.9. The maximum atomic E-state index is 12.6. The van der Waals surface area contributed by atoms with Crippen LogP contribution >= 0.6 is 23.4 Å². The van der Waals surface area contributed by atoms with Gasteiger partial charge in [-0.05, 0) is 66.4 Å². The highest BCUT2D eigenvalue weighted by Gasteiger charge is 2.40. The van der Waals surface area contributed by atoms with E-state index in [0.29, 0.717) is 17.4 Å². The van der Waals surface area contributed by atoms with E-state index >= 15 is 0 Å². The molecule has 1 unspecified atom stereocenters. The fraction of sp³-hybridized carbons (Fsp3) is 0.321. The highest BCUT2D eigenvalue weighted by atomic mass is 35.5. The molecule has 1 aromatic heterocycles. The first-order valence-electron chi connectivity index (χ1n) is 12.4. The van der Waals surface area contributed by atoms with E-state index in [1.54, 1.807) is 12.1 Å². The van der Waals surface area contributed by atoms with Crippen LogP contribution in [0.3, 0.4) is 0 Å². The smallest absolute Gasteiger partial charge is 0.410 e. The lowest BCUT2D eigenvalue weighted by Crippen LogP contribution is -2.46. The molecule has 1 N–H and O–H groups in total. The van der Waals surface area contributed by atoms with Gasteiger partial charge in [-0.25, -0.2) is 14.6 Å². The summed E-state index contributed by atoms with van der Waals surface area (Å²) in [6.07, 6.45) is 3.44. The largest absolute Gasteiger partial charge is 0.482 e. The number of pyridine rings is 1. The molecular formula is C28H28ClN3O5S. The zero-order valence-electron chi connectivity index (χ0n) is 20.7. The molecule has 1 amide bonds. The van der Waals surface area contributed by atoms with Crippen molar-refractivity contribution in [1.29, 1.82) is 0 Å². The Hall–Kier alpha value is -3.27. The Kier molecular flexibility index (Phi) is 8.36. The number of carbonyl (C=O) groups is 2. The van der Waals surface area contributed by atoms with Crippen LogP contribution in [0.2, 0.25) is 5.02 Å². The average Bonchev–Trinajstić information content (AvgIpc) is 3.31. The number of halogens is 1. The van der Waals surface area contributed by atoms with Crippen LogP contribution in [0, 0.1) is 0 Å². The first kappa shape index (κ1) is 26.3. The van der Waals surface area contributed by atoms with Gasteiger partial charge < -0.3 is 14.6 Å². The summed E-state index contributed by atoms with van der Waals surface area (Å²) in [6.45, 7) is 2.59. The van der Waals surface area contributed by atoms with Gasteiger partial charge in [0.1, 0.15) is 17.4 Å². The van der Waals surface area contributed by atoms with Gasteiger partial charge in [0.05, 0.1) is 6.04 Å². The normalized spacial score (nSPS) is 18.4. The average molecular weight is 554 g/mol. The van der Waals surface area contributed by atoms with Gasteiger partial charge in [-0.15, -0.1) is 0 Å². The Morgan fingerprint density at radius 1 is 1.13 bits per heavy atom. The summed E-state index contributed by atoms with van der Waals surface area (Å²) >= 11 is 7.72. The number of piperidine rings is 1. The van der Waals surface area contributed by atoms with Crippen molar-refractivity contribution < 1.29 is 24.2 Å². The number of hydrogen-bond donors (Lipinski definition) is 1. The summed E-state index contributed by atoms with van der Waals surface area (Å²) in [5, 5.41) is 10.3. The molecule has 3 aromatic rings. The van der Waals surface area contributed by atoms with Gasteiger partial charge in [0.2, 0.25) is 0 Å². The number of aliphatic carboxylic acids is 1. The van der Waals surface area contributed by atoms with Crippen LogP contribution in [0.5, 0.6) is 5.75 Å². The molecule has 3 heterocycles. The Morgan fingerprint density at radius 3 is 2.61 bits per heavy atom. The molecule has 38 heavy (non-hydrogen) atoms. The first-order valence-corrected chi connectivity index (χ1v) is 13.6. The highest BCUT2D eigenvalue weighted by Crippen LogP contribution is 2.34. The molecule has 0 bridgehead atoms. The quantitative estimate of drug-likeness (QED) is 0.371. The number of hydrogen-bond acceptors (Lipinski definition) is 7. The number of ether oxygens (including phenoxy) is 2. The Labute approximate surface area is 230 Å². The van der Waals surface area contributed by atoms with Gasteiger partial charge in [-0.1, -0.05) is 41.6 Å². The summed E-state index contributed by atoms with van der Waals surface area (Å²) in [4.78, 5) is 33.1. The Morgan fingerprint density at radius 2 is 1.92 bits per heavy atom. The number of carboxylic acids is 1. The summed E-state index contributed by atoms with van der Waals surface area (Å²) < 4.78 is 10.6. The summed E-state index contributed by atoms with van der Waals surface area (Å²) in [5.41, 5.74) is 2.15. The number of benzene rings is 2. The number of likely N-dealkylation sites (tertiary alicyclic amines) is 1. The van der Waals surface area contributed by atoms with Crippen LogP contribution in [-0.4, -0.2) is 64.3 Å². The molecule has 0 spiro atoms. The van der Waals surface area contributed by atoms with Crippen LogP contribution in [0.4, 0.5) is 4.79 Å². The van der Waals surface area contributed by atoms with Gasteiger partial charge in [0.15, 0.2) is 6.61 Å². The fourth-order valence-electron chi connectivity index (χ4n) is 4.85. The molecule has 0 radical (unpaired) electrons. The maximum absolute atomic E-state index is 12.6. The third-order valence-electron chi connectivity index (χ3n) is 6.71. The summed E-state index contributed by atoms with van der Waals surface area (Å²) in [5.74, 6) is -0.485. The van der Waals surface area contributed by atoms with Crippen molar-refractivity contribution in [2.24, 2.45) is 0 Å². The minimum absolute atomic E-state index is 0.0968. The van der Waals surface area contributed by atoms with Crippen LogP contribution < -0.4 is 4.74 Å². The Balaban J connectivity index is 1.12. The number of cyclic esters (lactones) is 1. The third kappa shape index (κ3) is 6.59. The van der Waals surface area contributed by atoms with E-state index < -0.39 is 5.97 Å². The first-order chi connectivity index (χ1) is 18.4. The standard InChI is InChI=1S/C28H28ClN3O5S/c29-21-3-1-2-20(14-21)25-17-37-28(35)32(25)22-10-12-31(13-11-22)16-19-4-9-26(30-15-19)38-24-7-5-23(6-8-24)36-18-27(33)34/h1-9,14-15,22,25H,10-13,16-18H2,(H,33,34).